The first-order valence-electron chi connectivity index (χ1n) is 11.9. The number of methoxy groups -OCH3 is 1. The van der Waals surface area contributed by atoms with Gasteiger partial charge in [0.2, 0.25) is 0 Å². The fourth-order valence-corrected chi connectivity index (χ4v) is 5.07. The highest BCUT2D eigenvalue weighted by Gasteiger charge is 2.42. The summed E-state index contributed by atoms with van der Waals surface area (Å²) in [5.41, 5.74) is 5.58. The van der Waals surface area contributed by atoms with Crippen LogP contribution < -0.4 is 10.2 Å². The van der Waals surface area contributed by atoms with Gasteiger partial charge in [0.15, 0.2) is 5.11 Å². The zero-order valence-corrected chi connectivity index (χ0v) is 21.3. The highest BCUT2D eigenvalue weighted by molar-refractivity contribution is 7.80. The van der Waals surface area contributed by atoms with Crippen LogP contribution in [0.5, 0.6) is 0 Å². The van der Waals surface area contributed by atoms with Crippen LogP contribution in [0.3, 0.4) is 0 Å². The van der Waals surface area contributed by atoms with Gasteiger partial charge in [-0.3, -0.25) is 4.98 Å². The number of nitrogens with zero attached hydrogens (tertiary/aromatic N) is 3. The fourth-order valence-electron chi connectivity index (χ4n) is 4.72. The fraction of sp³-hybridized carbons (Fsp3) is 0.207. The Morgan fingerprint density at radius 2 is 1.81 bits per heavy atom. The molecule has 3 heterocycles. The van der Waals surface area contributed by atoms with E-state index >= 15 is 0 Å². The second-order valence-electron chi connectivity index (χ2n) is 9.09. The summed E-state index contributed by atoms with van der Waals surface area (Å²) in [5.74, 6) is 0.0755. The molecule has 1 aliphatic heterocycles. The second kappa shape index (κ2) is 9.95. The van der Waals surface area contributed by atoms with Crippen molar-refractivity contribution >= 4 is 29.0 Å². The molecule has 4 aromatic rings. The lowest BCUT2D eigenvalue weighted by Gasteiger charge is -2.29. The maximum absolute atomic E-state index is 12.2. The molecule has 1 N–H and O–H groups in total. The molecule has 0 aliphatic carbocycles. The number of carbonyl (C=O) groups is 1. The van der Waals surface area contributed by atoms with Crippen LogP contribution in [0.4, 0.5) is 5.69 Å². The standard InChI is InChI=1S/C29H28N4O2S/c1-19(2)20-12-14-22(15-13-20)33-27(26(31-29(33)36)24-10-4-5-16-30-24)25-11-7-17-32(25)23-9-6-8-21(18-23)28(34)35-3/h4-19,26-27H,1-3H3,(H,31,36)/t26-,27-/m0/s1. The minimum Gasteiger partial charge on any atom is -0.465 e. The smallest absolute Gasteiger partial charge is 0.337 e. The van der Waals surface area contributed by atoms with Crippen LogP contribution in [-0.4, -0.2) is 27.7 Å². The molecule has 5 rings (SSSR count). The maximum atomic E-state index is 12.2. The number of anilines is 1. The van der Waals surface area contributed by atoms with Crippen LogP contribution in [0.2, 0.25) is 0 Å². The first-order chi connectivity index (χ1) is 17.5. The minimum atomic E-state index is -0.368. The molecule has 1 saturated heterocycles. The number of hydrogen-bond acceptors (Lipinski definition) is 4. The number of rotatable bonds is 6. The van der Waals surface area contributed by atoms with Gasteiger partial charge in [0.25, 0.3) is 0 Å². The van der Waals surface area contributed by atoms with Gasteiger partial charge in [0.05, 0.1) is 24.4 Å². The molecule has 36 heavy (non-hydrogen) atoms. The monoisotopic (exact) mass is 496 g/mol. The number of carbonyl (C=O) groups excluding carboxylic acids is 1. The average molecular weight is 497 g/mol. The van der Waals surface area contributed by atoms with Gasteiger partial charge in [-0.05, 0) is 78.3 Å². The molecule has 1 aliphatic rings. The number of nitrogens with one attached hydrogen (secondary N) is 1. The van der Waals surface area contributed by atoms with E-state index in [0.29, 0.717) is 16.6 Å². The van der Waals surface area contributed by atoms with E-state index < -0.39 is 0 Å². The summed E-state index contributed by atoms with van der Waals surface area (Å²) in [5, 5.41) is 4.16. The zero-order valence-electron chi connectivity index (χ0n) is 20.5. The largest absolute Gasteiger partial charge is 0.465 e. The normalized spacial score (nSPS) is 17.3. The zero-order chi connectivity index (χ0) is 25.2. The molecule has 1 fully saturated rings. The van der Waals surface area contributed by atoms with Crippen molar-refractivity contribution in [3.8, 4) is 5.69 Å². The van der Waals surface area contributed by atoms with Gasteiger partial charge in [0, 0.05) is 29.5 Å². The van der Waals surface area contributed by atoms with E-state index in [9.17, 15) is 4.79 Å². The molecule has 7 heteroatoms. The Bertz CT molecular complexity index is 1380. The number of benzene rings is 2. The van der Waals surface area contributed by atoms with E-state index in [1.54, 1.807) is 12.3 Å². The van der Waals surface area contributed by atoms with Gasteiger partial charge < -0.3 is 19.5 Å². The Kier molecular flexibility index (Phi) is 6.57. The Morgan fingerprint density at radius 1 is 1.00 bits per heavy atom. The quantitative estimate of drug-likeness (QED) is 0.263. The Balaban J connectivity index is 1.63. The molecule has 0 spiro atoms. The van der Waals surface area contributed by atoms with Gasteiger partial charge in [-0.15, -0.1) is 0 Å². The number of thiocarbonyl (C=S) groups is 1. The van der Waals surface area contributed by atoms with Crippen molar-refractivity contribution in [1.29, 1.82) is 0 Å². The maximum Gasteiger partial charge on any atom is 0.337 e. The van der Waals surface area contributed by atoms with Crippen LogP contribution in [0.25, 0.3) is 5.69 Å². The molecule has 6 nitrogen and oxygen atoms in total. The Hall–Kier alpha value is -3.97. The third kappa shape index (κ3) is 4.38. The van der Waals surface area contributed by atoms with Crippen LogP contribution in [-0.2, 0) is 4.74 Å². The molecule has 0 amide bonds. The lowest BCUT2D eigenvalue weighted by molar-refractivity contribution is 0.0600. The van der Waals surface area contributed by atoms with Crippen molar-refractivity contribution in [2.24, 2.45) is 0 Å². The van der Waals surface area contributed by atoms with E-state index in [0.717, 1.165) is 22.8 Å². The van der Waals surface area contributed by atoms with Crippen molar-refractivity contribution in [2.75, 3.05) is 12.0 Å². The van der Waals surface area contributed by atoms with Gasteiger partial charge in [-0.25, -0.2) is 4.79 Å². The summed E-state index contributed by atoms with van der Waals surface area (Å²) >= 11 is 5.88. The van der Waals surface area contributed by atoms with E-state index in [-0.39, 0.29) is 18.1 Å². The molecule has 2 aromatic carbocycles. The molecule has 2 aromatic heterocycles. The van der Waals surface area contributed by atoms with Crippen molar-refractivity contribution in [3.63, 3.8) is 0 Å². The number of ether oxygens (including phenoxy) is 1. The number of aromatic nitrogens is 2. The van der Waals surface area contributed by atoms with E-state index in [2.05, 4.69) is 63.9 Å². The summed E-state index contributed by atoms with van der Waals surface area (Å²) in [6, 6.07) is 25.7. The molecule has 2 atom stereocenters. The summed E-state index contributed by atoms with van der Waals surface area (Å²) < 4.78 is 7.03. The Morgan fingerprint density at radius 3 is 2.50 bits per heavy atom. The highest BCUT2D eigenvalue weighted by Crippen LogP contribution is 2.42. The van der Waals surface area contributed by atoms with Crippen LogP contribution in [0.1, 0.15) is 59.2 Å². The molecule has 0 bridgehead atoms. The number of pyridine rings is 1. The SMILES string of the molecule is COC(=O)c1cccc(-n2cccc2[C@H]2[C@H](c3ccccn3)NC(=S)N2c2ccc(C(C)C)cc2)c1. The van der Waals surface area contributed by atoms with Gasteiger partial charge in [-0.1, -0.05) is 38.1 Å². The molecular weight excluding hydrogens is 468 g/mol. The summed E-state index contributed by atoms with van der Waals surface area (Å²) in [6.45, 7) is 4.37. The van der Waals surface area contributed by atoms with Gasteiger partial charge in [-0.2, -0.15) is 0 Å². The van der Waals surface area contributed by atoms with Crippen molar-refractivity contribution in [1.82, 2.24) is 14.9 Å². The first-order valence-corrected chi connectivity index (χ1v) is 12.4. The lowest BCUT2D eigenvalue weighted by Crippen LogP contribution is -2.30. The molecule has 182 valence electrons. The first kappa shape index (κ1) is 23.8. The molecular formula is C29H28N4O2S. The summed E-state index contributed by atoms with van der Waals surface area (Å²) in [4.78, 5) is 19.0. The van der Waals surface area contributed by atoms with Gasteiger partial charge in [0.1, 0.15) is 6.04 Å². The molecule has 0 saturated carbocycles. The molecule has 0 radical (unpaired) electrons. The van der Waals surface area contributed by atoms with Crippen LogP contribution >= 0.6 is 12.2 Å². The Labute approximate surface area is 216 Å². The van der Waals surface area contributed by atoms with Crippen LogP contribution in [0.15, 0.2) is 91.3 Å². The lowest BCUT2D eigenvalue weighted by atomic mass is 9.99. The third-order valence-electron chi connectivity index (χ3n) is 6.56. The highest BCUT2D eigenvalue weighted by atomic mass is 32.1. The average Bonchev–Trinajstić information content (AvgIpc) is 3.53. The minimum absolute atomic E-state index is 0.166. The van der Waals surface area contributed by atoms with Crippen molar-refractivity contribution < 1.29 is 9.53 Å². The number of esters is 1. The topological polar surface area (TPSA) is 59.4 Å². The van der Waals surface area contributed by atoms with Gasteiger partial charge >= 0.3 is 5.97 Å². The second-order valence-corrected chi connectivity index (χ2v) is 9.47. The summed E-state index contributed by atoms with van der Waals surface area (Å²) in [6.07, 6.45) is 3.80. The van der Waals surface area contributed by atoms with E-state index in [1.165, 1.54) is 12.7 Å². The van der Waals surface area contributed by atoms with Crippen molar-refractivity contribution in [2.45, 2.75) is 31.8 Å². The van der Waals surface area contributed by atoms with E-state index in [1.807, 2.05) is 48.7 Å². The summed E-state index contributed by atoms with van der Waals surface area (Å²) in [7, 11) is 1.39. The van der Waals surface area contributed by atoms with E-state index in [4.69, 9.17) is 17.0 Å². The third-order valence-corrected chi connectivity index (χ3v) is 6.88. The van der Waals surface area contributed by atoms with Crippen molar-refractivity contribution in [3.05, 3.63) is 114 Å². The number of hydrogen-bond donors (Lipinski definition) is 1. The van der Waals surface area contributed by atoms with Crippen LogP contribution in [0, 0.1) is 0 Å². The molecule has 0 unspecified atom stereocenters. The predicted octanol–water partition coefficient (Wildman–Crippen LogP) is 5.96. The predicted molar refractivity (Wildman–Crippen MR) is 146 cm³/mol.